The summed E-state index contributed by atoms with van der Waals surface area (Å²) in [6.07, 6.45) is 0.324. The van der Waals surface area contributed by atoms with E-state index in [1.54, 1.807) is 19.2 Å². The van der Waals surface area contributed by atoms with Crippen LogP contribution in [0.25, 0.3) is 0 Å². The second kappa shape index (κ2) is 7.25. The predicted octanol–water partition coefficient (Wildman–Crippen LogP) is 3.36. The van der Waals surface area contributed by atoms with Crippen LogP contribution in [0.3, 0.4) is 0 Å². The van der Waals surface area contributed by atoms with Crippen molar-refractivity contribution >= 4 is 11.7 Å². The number of methoxy groups -OCH3 is 2. The predicted molar refractivity (Wildman–Crippen MR) is 92.3 cm³/mol. The molecule has 0 aliphatic carbocycles. The lowest BCUT2D eigenvalue weighted by Crippen LogP contribution is -2.21. The summed E-state index contributed by atoms with van der Waals surface area (Å²) in [6, 6.07) is 12.7. The Balaban J connectivity index is 1.93. The Bertz CT molecular complexity index is 798. The van der Waals surface area contributed by atoms with Crippen molar-refractivity contribution in [3.8, 4) is 11.5 Å². The number of carbonyl (C=O) groups excluding carboxylic acids is 1. The minimum atomic E-state index is -0.368. The molecule has 6 heteroatoms. The van der Waals surface area contributed by atoms with Crippen LogP contribution in [0.5, 0.6) is 11.5 Å². The van der Waals surface area contributed by atoms with Crippen LogP contribution in [0, 0.1) is 0 Å². The monoisotopic (exact) mass is 341 g/mol. The van der Waals surface area contributed by atoms with Gasteiger partial charge in [0, 0.05) is 18.1 Å². The van der Waals surface area contributed by atoms with E-state index >= 15 is 0 Å². The van der Waals surface area contributed by atoms with Gasteiger partial charge in [0.05, 0.1) is 25.5 Å². The molecule has 0 bridgehead atoms. The van der Waals surface area contributed by atoms with Crippen LogP contribution in [0.1, 0.15) is 34.0 Å². The van der Waals surface area contributed by atoms with Crippen molar-refractivity contribution in [1.29, 1.82) is 0 Å². The molecule has 1 aliphatic rings. The van der Waals surface area contributed by atoms with Crippen molar-refractivity contribution in [3.63, 3.8) is 0 Å². The summed E-state index contributed by atoms with van der Waals surface area (Å²) in [7, 11) is 4.49. The summed E-state index contributed by atoms with van der Waals surface area (Å²) in [4.78, 5) is 16.6. The van der Waals surface area contributed by atoms with Gasteiger partial charge in [-0.05, 0) is 29.8 Å². The molecular weight excluding hydrogens is 322 g/mol. The Morgan fingerprint density at radius 2 is 1.88 bits per heavy atom. The Hall–Kier alpha value is -3.02. The molecule has 3 rings (SSSR count). The zero-order valence-corrected chi connectivity index (χ0v) is 14.3. The number of hydrogen-bond donors (Lipinski definition) is 0. The quantitative estimate of drug-likeness (QED) is 0.630. The number of benzene rings is 2. The molecule has 0 amide bonds. The van der Waals surface area contributed by atoms with Gasteiger partial charge in [0.1, 0.15) is 24.7 Å². The highest BCUT2D eigenvalue weighted by Crippen LogP contribution is 2.37. The van der Waals surface area contributed by atoms with Crippen molar-refractivity contribution in [2.45, 2.75) is 12.5 Å². The van der Waals surface area contributed by atoms with Gasteiger partial charge in [0.15, 0.2) is 0 Å². The van der Waals surface area contributed by atoms with Crippen LogP contribution in [-0.2, 0) is 9.57 Å². The van der Waals surface area contributed by atoms with Crippen LogP contribution < -0.4 is 9.47 Å². The SMILES string of the molecule is CON=C1C[C@H](c2ccc(C(=O)OC)cc2)Oc2cc(OC)ccc21. The van der Waals surface area contributed by atoms with Crippen LogP contribution in [0.4, 0.5) is 0 Å². The number of nitrogens with zero attached hydrogens (tertiary/aromatic N) is 1. The lowest BCUT2D eigenvalue weighted by molar-refractivity contribution is 0.0600. The number of carbonyl (C=O) groups is 1. The molecule has 0 aromatic heterocycles. The van der Waals surface area contributed by atoms with Crippen molar-refractivity contribution in [3.05, 3.63) is 59.2 Å². The summed E-state index contributed by atoms with van der Waals surface area (Å²) < 4.78 is 16.1. The zero-order valence-electron chi connectivity index (χ0n) is 14.3. The maximum atomic E-state index is 11.6. The molecule has 0 fully saturated rings. The van der Waals surface area contributed by atoms with Gasteiger partial charge in [-0.3, -0.25) is 0 Å². The number of esters is 1. The highest BCUT2D eigenvalue weighted by atomic mass is 16.6. The maximum absolute atomic E-state index is 11.6. The van der Waals surface area contributed by atoms with E-state index in [-0.39, 0.29) is 12.1 Å². The van der Waals surface area contributed by atoms with E-state index in [1.165, 1.54) is 14.2 Å². The fourth-order valence-corrected chi connectivity index (χ4v) is 2.78. The molecule has 25 heavy (non-hydrogen) atoms. The number of hydrogen-bond acceptors (Lipinski definition) is 6. The molecule has 0 N–H and O–H groups in total. The van der Waals surface area contributed by atoms with Gasteiger partial charge in [-0.15, -0.1) is 0 Å². The third-order valence-electron chi connectivity index (χ3n) is 4.05. The molecule has 130 valence electrons. The van der Waals surface area contributed by atoms with Crippen molar-refractivity contribution < 1.29 is 23.8 Å². The second-order valence-corrected chi connectivity index (χ2v) is 5.51. The molecule has 0 spiro atoms. The average molecular weight is 341 g/mol. The largest absolute Gasteiger partial charge is 0.497 e. The molecular formula is C19H19NO5. The Labute approximate surface area is 146 Å². The van der Waals surface area contributed by atoms with Gasteiger partial charge in [-0.1, -0.05) is 17.3 Å². The molecule has 0 unspecified atom stereocenters. The first kappa shape index (κ1) is 16.8. The summed E-state index contributed by atoms with van der Waals surface area (Å²) in [5.74, 6) is 1.02. The lowest BCUT2D eigenvalue weighted by atomic mass is 9.95. The van der Waals surface area contributed by atoms with Gasteiger partial charge < -0.3 is 19.0 Å². The van der Waals surface area contributed by atoms with E-state index in [0.717, 1.165) is 16.8 Å². The molecule has 0 radical (unpaired) electrons. The van der Waals surface area contributed by atoms with E-state index in [9.17, 15) is 4.79 Å². The third kappa shape index (κ3) is 3.42. The van der Waals surface area contributed by atoms with Gasteiger partial charge in [0.25, 0.3) is 0 Å². The smallest absolute Gasteiger partial charge is 0.337 e. The average Bonchev–Trinajstić information content (AvgIpc) is 2.67. The minimum absolute atomic E-state index is 0.236. The fourth-order valence-electron chi connectivity index (χ4n) is 2.78. The number of oxime groups is 1. The Morgan fingerprint density at radius 3 is 2.52 bits per heavy atom. The van der Waals surface area contributed by atoms with Gasteiger partial charge >= 0.3 is 5.97 Å². The summed E-state index contributed by atoms with van der Waals surface area (Å²) in [5, 5.41) is 4.14. The highest BCUT2D eigenvalue weighted by Gasteiger charge is 2.27. The van der Waals surface area contributed by atoms with E-state index in [1.807, 2.05) is 30.3 Å². The van der Waals surface area contributed by atoms with Gasteiger partial charge in [0.2, 0.25) is 0 Å². The van der Waals surface area contributed by atoms with E-state index in [2.05, 4.69) is 5.16 Å². The third-order valence-corrected chi connectivity index (χ3v) is 4.05. The highest BCUT2D eigenvalue weighted by molar-refractivity contribution is 6.04. The van der Waals surface area contributed by atoms with Gasteiger partial charge in [-0.2, -0.15) is 0 Å². The summed E-state index contributed by atoms with van der Waals surface area (Å²) in [5.41, 5.74) is 3.11. The first-order valence-electron chi connectivity index (χ1n) is 7.79. The standard InChI is InChI=1S/C19H19NO5/c1-22-14-8-9-15-16(20-24-3)11-17(25-18(15)10-14)12-4-6-13(7-5-12)19(21)23-2/h4-10,17H,11H2,1-3H3/t17-/m1/s1. The van der Waals surface area contributed by atoms with Gasteiger partial charge in [-0.25, -0.2) is 4.79 Å². The lowest BCUT2D eigenvalue weighted by Gasteiger charge is -2.27. The molecule has 2 aromatic rings. The molecule has 6 nitrogen and oxygen atoms in total. The van der Waals surface area contributed by atoms with Crippen LogP contribution in [0.2, 0.25) is 0 Å². The Morgan fingerprint density at radius 1 is 1.12 bits per heavy atom. The zero-order chi connectivity index (χ0) is 17.8. The topological polar surface area (TPSA) is 66.4 Å². The minimum Gasteiger partial charge on any atom is -0.497 e. The second-order valence-electron chi connectivity index (χ2n) is 5.51. The molecule has 1 aliphatic heterocycles. The number of rotatable bonds is 4. The van der Waals surface area contributed by atoms with E-state index in [0.29, 0.717) is 23.5 Å². The van der Waals surface area contributed by atoms with Crippen molar-refractivity contribution in [1.82, 2.24) is 0 Å². The number of fused-ring (bicyclic) bond motifs is 1. The first-order chi connectivity index (χ1) is 12.2. The molecule has 0 saturated carbocycles. The molecule has 1 atom stereocenters. The molecule has 1 heterocycles. The summed E-state index contributed by atoms with van der Waals surface area (Å²) >= 11 is 0. The first-order valence-corrected chi connectivity index (χ1v) is 7.79. The molecule has 0 saturated heterocycles. The van der Waals surface area contributed by atoms with Crippen LogP contribution in [0.15, 0.2) is 47.6 Å². The normalized spacial score (nSPS) is 17.4. The molecule has 2 aromatic carbocycles. The van der Waals surface area contributed by atoms with Crippen LogP contribution in [-0.4, -0.2) is 33.0 Å². The fraction of sp³-hybridized carbons (Fsp3) is 0.263. The van der Waals surface area contributed by atoms with E-state index < -0.39 is 0 Å². The van der Waals surface area contributed by atoms with E-state index in [4.69, 9.17) is 19.0 Å². The summed E-state index contributed by atoms with van der Waals surface area (Å²) in [6.45, 7) is 0. The maximum Gasteiger partial charge on any atom is 0.337 e. The Kier molecular flexibility index (Phi) is 4.88. The van der Waals surface area contributed by atoms with Crippen molar-refractivity contribution in [2.24, 2.45) is 5.16 Å². The van der Waals surface area contributed by atoms with Crippen LogP contribution >= 0.6 is 0 Å². The van der Waals surface area contributed by atoms with Crippen molar-refractivity contribution in [2.75, 3.05) is 21.3 Å². The number of ether oxygens (including phenoxy) is 3.